The van der Waals surface area contributed by atoms with Crippen LogP contribution in [0, 0.1) is 13.8 Å². The van der Waals surface area contributed by atoms with Crippen LogP contribution in [0.3, 0.4) is 0 Å². The molecule has 0 spiro atoms. The van der Waals surface area contributed by atoms with Crippen molar-refractivity contribution in [3.05, 3.63) is 46.7 Å². The summed E-state index contributed by atoms with van der Waals surface area (Å²) in [6.07, 6.45) is 1.58. The molecule has 2 aromatic heterocycles. The van der Waals surface area contributed by atoms with Crippen LogP contribution < -0.4 is 0 Å². The number of Topliss-reactive ketones (excluding diaryl/α,β-unsaturated/α-hetero) is 1. The molecule has 0 aliphatic heterocycles. The quantitative estimate of drug-likeness (QED) is 0.796. The van der Waals surface area contributed by atoms with Gasteiger partial charge in [-0.1, -0.05) is 0 Å². The highest BCUT2D eigenvalue weighted by Crippen LogP contribution is 2.20. The third-order valence-corrected chi connectivity index (χ3v) is 3.78. The minimum atomic E-state index is -0.174. The fourth-order valence-corrected chi connectivity index (χ4v) is 2.69. The molecular weight excluding hydrogens is 296 g/mol. The predicted octanol–water partition coefficient (Wildman–Crippen LogP) is 2.72. The highest BCUT2D eigenvalue weighted by molar-refractivity contribution is 6.02. The minimum Gasteiger partial charge on any atom is -0.467 e. The lowest BCUT2D eigenvalue weighted by molar-refractivity contribution is 0.0660. The van der Waals surface area contributed by atoms with Crippen molar-refractivity contribution >= 4 is 11.7 Å². The van der Waals surface area contributed by atoms with E-state index in [-0.39, 0.29) is 11.7 Å². The van der Waals surface area contributed by atoms with Crippen LogP contribution in [0.15, 0.2) is 22.8 Å². The maximum absolute atomic E-state index is 12.9. The van der Waals surface area contributed by atoms with Gasteiger partial charge in [-0.2, -0.15) is 0 Å². The Bertz CT molecular complexity index is 686. The lowest BCUT2D eigenvalue weighted by Gasteiger charge is -2.21. The van der Waals surface area contributed by atoms with Crippen molar-refractivity contribution in [1.82, 2.24) is 9.88 Å². The summed E-state index contributed by atoms with van der Waals surface area (Å²) in [4.78, 5) is 29.3. The van der Waals surface area contributed by atoms with Gasteiger partial charge >= 0.3 is 0 Å². The van der Waals surface area contributed by atoms with Gasteiger partial charge in [-0.05, 0) is 38.5 Å². The van der Waals surface area contributed by atoms with Crippen molar-refractivity contribution in [3.8, 4) is 0 Å². The Hall–Kier alpha value is -2.34. The molecule has 1 N–H and O–H groups in total. The second-order valence-electron chi connectivity index (χ2n) is 5.48. The van der Waals surface area contributed by atoms with Gasteiger partial charge in [-0.25, -0.2) is 0 Å². The maximum atomic E-state index is 12.9. The first-order valence-corrected chi connectivity index (χ1v) is 7.46. The van der Waals surface area contributed by atoms with Gasteiger partial charge in [-0.3, -0.25) is 9.59 Å². The predicted molar refractivity (Wildman–Crippen MR) is 85.6 cm³/mol. The van der Waals surface area contributed by atoms with Gasteiger partial charge < -0.3 is 19.0 Å². The molecule has 2 aromatic rings. The first-order valence-electron chi connectivity index (χ1n) is 7.46. The standard InChI is InChI=1S/C17H22N2O4/c1-11-15(13(3)20)12(2)18-16(11)17(21)19(7-9-22-4)10-14-6-5-8-23-14/h5-6,8,18H,7,9-10H2,1-4H3. The van der Waals surface area contributed by atoms with Crippen LogP contribution in [0.25, 0.3) is 0 Å². The normalized spacial score (nSPS) is 10.8. The number of carbonyl (C=O) groups is 2. The van der Waals surface area contributed by atoms with E-state index in [0.29, 0.717) is 48.0 Å². The van der Waals surface area contributed by atoms with Gasteiger partial charge in [-0.15, -0.1) is 0 Å². The molecule has 0 aromatic carbocycles. The van der Waals surface area contributed by atoms with Gasteiger partial charge in [0.25, 0.3) is 5.91 Å². The molecule has 0 saturated carbocycles. The van der Waals surface area contributed by atoms with E-state index in [1.807, 2.05) is 6.07 Å². The summed E-state index contributed by atoms with van der Waals surface area (Å²) in [5.41, 5.74) is 2.42. The number of furan rings is 1. The van der Waals surface area contributed by atoms with Crippen LogP contribution in [-0.4, -0.2) is 41.8 Å². The number of aryl methyl sites for hydroxylation is 1. The van der Waals surface area contributed by atoms with Crippen LogP contribution in [0.4, 0.5) is 0 Å². The number of hydrogen-bond acceptors (Lipinski definition) is 4. The van der Waals surface area contributed by atoms with Crippen molar-refractivity contribution in [2.45, 2.75) is 27.3 Å². The van der Waals surface area contributed by atoms with Crippen LogP contribution in [0.5, 0.6) is 0 Å². The third-order valence-electron chi connectivity index (χ3n) is 3.78. The van der Waals surface area contributed by atoms with E-state index in [1.165, 1.54) is 6.92 Å². The lowest BCUT2D eigenvalue weighted by Crippen LogP contribution is -2.34. The molecule has 0 bridgehead atoms. The number of methoxy groups -OCH3 is 1. The van der Waals surface area contributed by atoms with Crippen molar-refractivity contribution in [1.29, 1.82) is 0 Å². The first kappa shape index (κ1) is 17.0. The van der Waals surface area contributed by atoms with E-state index in [4.69, 9.17) is 9.15 Å². The second kappa shape index (κ2) is 7.28. The average Bonchev–Trinajstić information content (AvgIpc) is 3.10. The third kappa shape index (κ3) is 3.71. The molecule has 2 rings (SSSR count). The molecule has 6 nitrogen and oxygen atoms in total. The summed E-state index contributed by atoms with van der Waals surface area (Å²) < 4.78 is 10.4. The number of nitrogens with zero attached hydrogens (tertiary/aromatic N) is 1. The number of amides is 1. The Labute approximate surface area is 135 Å². The van der Waals surface area contributed by atoms with E-state index < -0.39 is 0 Å². The molecule has 0 atom stereocenters. The molecule has 0 fully saturated rings. The molecule has 6 heteroatoms. The van der Waals surface area contributed by atoms with Crippen molar-refractivity contribution in [3.63, 3.8) is 0 Å². The van der Waals surface area contributed by atoms with E-state index in [2.05, 4.69) is 4.98 Å². The molecule has 124 valence electrons. The number of hydrogen-bond donors (Lipinski definition) is 1. The summed E-state index contributed by atoms with van der Waals surface area (Å²) in [6, 6.07) is 3.60. The number of H-pyrrole nitrogens is 1. The molecule has 2 heterocycles. The van der Waals surface area contributed by atoms with E-state index in [1.54, 1.807) is 38.2 Å². The van der Waals surface area contributed by atoms with Gasteiger partial charge in [0.2, 0.25) is 0 Å². The van der Waals surface area contributed by atoms with Crippen molar-refractivity contribution in [2.75, 3.05) is 20.3 Å². The molecule has 0 unspecified atom stereocenters. The van der Waals surface area contributed by atoms with Crippen molar-refractivity contribution < 1.29 is 18.7 Å². The highest BCUT2D eigenvalue weighted by Gasteiger charge is 2.24. The Morgan fingerprint density at radius 3 is 2.61 bits per heavy atom. The Morgan fingerprint density at radius 2 is 2.09 bits per heavy atom. The summed E-state index contributed by atoms with van der Waals surface area (Å²) in [5, 5.41) is 0. The van der Waals surface area contributed by atoms with Gasteiger partial charge in [0.05, 0.1) is 19.4 Å². The van der Waals surface area contributed by atoms with Crippen LogP contribution in [0.1, 0.15) is 44.8 Å². The topological polar surface area (TPSA) is 75.5 Å². The number of carbonyl (C=O) groups excluding carboxylic acids is 2. The average molecular weight is 318 g/mol. The van der Waals surface area contributed by atoms with E-state index in [0.717, 1.165) is 0 Å². The monoisotopic (exact) mass is 318 g/mol. The van der Waals surface area contributed by atoms with Crippen LogP contribution in [0.2, 0.25) is 0 Å². The number of rotatable bonds is 7. The van der Waals surface area contributed by atoms with Crippen LogP contribution >= 0.6 is 0 Å². The first-order chi connectivity index (χ1) is 11.0. The summed E-state index contributed by atoms with van der Waals surface area (Å²) in [6.45, 7) is 6.29. The molecule has 23 heavy (non-hydrogen) atoms. The molecule has 0 aliphatic carbocycles. The number of nitrogens with one attached hydrogen (secondary N) is 1. The highest BCUT2D eigenvalue weighted by atomic mass is 16.5. The fourth-order valence-electron chi connectivity index (χ4n) is 2.69. The zero-order valence-electron chi connectivity index (χ0n) is 13.9. The zero-order chi connectivity index (χ0) is 17.0. The van der Waals surface area contributed by atoms with E-state index >= 15 is 0 Å². The SMILES string of the molecule is COCCN(Cc1ccco1)C(=O)c1[nH]c(C)c(C(C)=O)c1C. The fraction of sp³-hybridized carbons (Fsp3) is 0.412. The minimum absolute atomic E-state index is 0.0511. The number of aromatic nitrogens is 1. The molecule has 0 saturated heterocycles. The van der Waals surface area contributed by atoms with Gasteiger partial charge in [0.1, 0.15) is 11.5 Å². The maximum Gasteiger partial charge on any atom is 0.271 e. The van der Waals surface area contributed by atoms with E-state index in [9.17, 15) is 9.59 Å². The Morgan fingerprint density at radius 1 is 1.35 bits per heavy atom. The summed E-state index contributed by atoms with van der Waals surface area (Å²) in [7, 11) is 1.59. The smallest absolute Gasteiger partial charge is 0.271 e. The van der Waals surface area contributed by atoms with Crippen LogP contribution in [-0.2, 0) is 11.3 Å². The number of aromatic amines is 1. The van der Waals surface area contributed by atoms with Gasteiger partial charge in [0.15, 0.2) is 5.78 Å². The largest absolute Gasteiger partial charge is 0.467 e. The second-order valence-corrected chi connectivity index (χ2v) is 5.48. The Kier molecular flexibility index (Phi) is 5.39. The summed E-state index contributed by atoms with van der Waals surface area (Å²) in [5.74, 6) is 0.471. The molecular formula is C17H22N2O4. The number of ketones is 1. The lowest BCUT2D eigenvalue weighted by atomic mass is 10.1. The van der Waals surface area contributed by atoms with Crippen molar-refractivity contribution in [2.24, 2.45) is 0 Å². The summed E-state index contributed by atoms with van der Waals surface area (Å²) >= 11 is 0. The number of ether oxygens (including phenoxy) is 1. The zero-order valence-corrected chi connectivity index (χ0v) is 13.9. The van der Waals surface area contributed by atoms with Gasteiger partial charge in [0, 0.05) is 24.9 Å². The molecule has 0 radical (unpaired) electrons. The molecule has 0 aliphatic rings. The Balaban J connectivity index is 2.29. The molecule has 1 amide bonds.